The summed E-state index contributed by atoms with van der Waals surface area (Å²) >= 11 is 5.85. The summed E-state index contributed by atoms with van der Waals surface area (Å²) < 4.78 is 5.44. The molecule has 13 heavy (non-hydrogen) atoms. The van der Waals surface area contributed by atoms with Crippen LogP contribution in [0.1, 0.15) is 12.5 Å². The van der Waals surface area contributed by atoms with E-state index in [9.17, 15) is 0 Å². The number of hydrogen-bond donors (Lipinski definition) is 0. The van der Waals surface area contributed by atoms with Gasteiger partial charge in [-0.1, -0.05) is 23.7 Å². The van der Waals surface area contributed by atoms with Gasteiger partial charge in [-0.2, -0.15) is 0 Å². The summed E-state index contributed by atoms with van der Waals surface area (Å²) in [6.07, 6.45) is 2.66. The summed E-state index contributed by atoms with van der Waals surface area (Å²) in [5.74, 6) is 0.856. The quantitative estimate of drug-likeness (QED) is 0.671. The Balaban J connectivity index is 2.95. The molecular weight excluding hydrogens is 184 g/mol. The second kappa shape index (κ2) is 4.93. The van der Waals surface area contributed by atoms with Gasteiger partial charge < -0.3 is 4.74 Å². The molecule has 0 amide bonds. The highest BCUT2D eigenvalue weighted by Crippen LogP contribution is 2.23. The van der Waals surface area contributed by atoms with Crippen LogP contribution in [-0.2, 0) is 6.42 Å². The van der Waals surface area contributed by atoms with Crippen molar-refractivity contribution in [3.63, 3.8) is 0 Å². The van der Waals surface area contributed by atoms with Crippen molar-refractivity contribution in [3.8, 4) is 5.75 Å². The molecule has 1 nitrogen and oxygen atoms in total. The van der Waals surface area contributed by atoms with Gasteiger partial charge in [-0.25, -0.2) is 0 Å². The highest BCUT2D eigenvalue weighted by molar-refractivity contribution is 6.30. The fourth-order valence-electron chi connectivity index (χ4n) is 1.14. The Morgan fingerprint density at radius 1 is 1.54 bits per heavy atom. The number of hydrogen-bond acceptors (Lipinski definition) is 1. The lowest BCUT2D eigenvalue weighted by Gasteiger charge is -2.08. The third kappa shape index (κ3) is 2.78. The summed E-state index contributed by atoms with van der Waals surface area (Å²) in [4.78, 5) is 0. The van der Waals surface area contributed by atoms with Gasteiger partial charge in [0.05, 0.1) is 6.61 Å². The Labute approximate surface area is 84.0 Å². The molecule has 0 spiro atoms. The van der Waals surface area contributed by atoms with E-state index in [0.717, 1.165) is 17.7 Å². The average molecular weight is 197 g/mol. The van der Waals surface area contributed by atoms with E-state index in [-0.39, 0.29) is 0 Å². The van der Waals surface area contributed by atoms with Gasteiger partial charge >= 0.3 is 0 Å². The molecular formula is C11H13ClO. The lowest BCUT2D eigenvalue weighted by molar-refractivity contribution is 0.337. The van der Waals surface area contributed by atoms with Gasteiger partial charge in [-0.05, 0) is 31.0 Å². The molecule has 0 unspecified atom stereocenters. The zero-order valence-corrected chi connectivity index (χ0v) is 8.47. The zero-order valence-electron chi connectivity index (χ0n) is 7.72. The number of ether oxygens (including phenoxy) is 1. The molecule has 2 heteroatoms. The molecule has 0 bridgehead atoms. The monoisotopic (exact) mass is 196 g/mol. The minimum atomic E-state index is 0.657. The van der Waals surface area contributed by atoms with Crippen molar-refractivity contribution < 1.29 is 4.74 Å². The maximum absolute atomic E-state index is 5.85. The molecule has 1 aromatic carbocycles. The molecule has 0 aliphatic rings. The molecule has 0 saturated carbocycles. The molecule has 0 saturated heterocycles. The zero-order chi connectivity index (χ0) is 9.68. The van der Waals surface area contributed by atoms with Gasteiger partial charge in [0.2, 0.25) is 0 Å². The SMILES string of the molecule is C=CCc1ccc(Cl)cc1OCC. The molecule has 70 valence electrons. The summed E-state index contributed by atoms with van der Waals surface area (Å²) in [5.41, 5.74) is 1.13. The summed E-state index contributed by atoms with van der Waals surface area (Å²) in [6, 6.07) is 5.67. The van der Waals surface area contributed by atoms with E-state index in [1.807, 2.05) is 31.2 Å². The van der Waals surface area contributed by atoms with E-state index in [0.29, 0.717) is 11.6 Å². The first-order valence-electron chi connectivity index (χ1n) is 4.30. The molecule has 0 aliphatic carbocycles. The van der Waals surface area contributed by atoms with Crippen molar-refractivity contribution in [2.45, 2.75) is 13.3 Å². The number of rotatable bonds is 4. The van der Waals surface area contributed by atoms with Crippen molar-refractivity contribution in [1.29, 1.82) is 0 Å². The van der Waals surface area contributed by atoms with E-state index in [1.54, 1.807) is 0 Å². The highest BCUT2D eigenvalue weighted by Gasteiger charge is 2.01. The minimum absolute atomic E-state index is 0.657. The normalized spacial score (nSPS) is 9.69. The first-order chi connectivity index (χ1) is 6.27. The van der Waals surface area contributed by atoms with Gasteiger partial charge in [0, 0.05) is 5.02 Å². The van der Waals surface area contributed by atoms with Gasteiger partial charge in [0.1, 0.15) is 5.75 Å². The van der Waals surface area contributed by atoms with Crippen molar-refractivity contribution in [2.75, 3.05) is 6.61 Å². The number of allylic oxidation sites excluding steroid dienone is 1. The topological polar surface area (TPSA) is 9.23 Å². The second-order valence-electron chi connectivity index (χ2n) is 2.68. The Kier molecular flexibility index (Phi) is 3.84. The Bertz CT molecular complexity index is 294. The van der Waals surface area contributed by atoms with Crippen molar-refractivity contribution >= 4 is 11.6 Å². The van der Waals surface area contributed by atoms with Crippen LogP contribution in [0.5, 0.6) is 5.75 Å². The van der Waals surface area contributed by atoms with Crippen LogP contribution in [0.3, 0.4) is 0 Å². The van der Waals surface area contributed by atoms with Crippen LogP contribution in [0, 0.1) is 0 Å². The first kappa shape index (κ1) is 10.1. The standard InChI is InChI=1S/C11H13ClO/c1-3-5-9-6-7-10(12)8-11(9)13-4-2/h3,6-8H,1,4-5H2,2H3. The van der Waals surface area contributed by atoms with Crippen LogP contribution in [0.4, 0.5) is 0 Å². The third-order valence-electron chi connectivity index (χ3n) is 1.69. The maximum Gasteiger partial charge on any atom is 0.124 e. The van der Waals surface area contributed by atoms with E-state index in [4.69, 9.17) is 16.3 Å². The maximum atomic E-state index is 5.85. The third-order valence-corrected chi connectivity index (χ3v) is 1.93. The van der Waals surface area contributed by atoms with Gasteiger partial charge in [0.15, 0.2) is 0 Å². The number of benzene rings is 1. The fraction of sp³-hybridized carbons (Fsp3) is 0.273. The number of halogens is 1. The van der Waals surface area contributed by atoms with E-state index in [1.165, 1.54) is 0 Å². The minimum Gasteiger partial charge on any atom is -0.494 e. The fourth-order valence-corrected chi connectivity index (χ4v) is 1.30. The van der Waals surface area contributed by atoms with Crippen LogP contribution < -0.4 is 4.74 Å². The summed E-state index contributed by atoms with van der Waals surface area (Å²) in [7, 11) is 0. The predicted octanol–water partition coefficient (Wildman–Crippen LogP) is 3.47. The van der Waals surface area contributed by atoms with Crippen molar-refractivity contribution in [3.05, 3.63) is 41.4 Å². The summed E-state index contributed by atoms with van der Waals surface area (Å²) in [6.45, 7) is 6.31. The smallest absolute Gasteiger partial charge is 0.124 e. The molecule has 0 radical (unpaired) electrons. The molecule has 0 aromatic heterocycles. The molecule has 0 fully saturated rings. The van der Waals surface area contributed by atoms with Crippen LogP contribution in [0.2, 0.25) is 5.02 Å². The van der Waals surface area contributed by atoms with Crippen LogP contribution in [-0.4, -0.2) is 6.61 Å². The first-order valence-corrected chi connectivity index (χ1v) is 4.67. The van der Waals surface area contributed by atoms with E-state index < -0.39 is 0 Å². The Morgan fingerprint density at radius 2 is 2.31 bits per heavy atom. The van der Waals surface area contributed by atoms with Crippen molar-refractivity contribution in [1.82, 2.24) is 0 Å². The molecule has 1 aromatic rings. The van der Waals surface area contributed by atoms with Gasteiger partial charge in [0.25, 0.3) is 0 Å². The molecule has 1 rings (SSSR count). The van der Waals surface area contributed by atoms with Gasteiger partial charge in [-0.3, -0.25) is 0 Å². The van der Waals surface area contributed by atoms with Crippen LogP contribution in [0.15, 0.2) is 30.9 Å². The second-order valence-corrected chi connectivity index (χ2v) is 3.11. The molecule has 0 N–H and O–H groups in total. The van der Waals surface area contributed by atoms with Crippen LogP contribution in [0.25, 0.3) is 0 Å². The Morgan fingerprint density at radius 3 is 2.92 bits per heavy atom. The predicted molar refractivity (Wildman–Crippen MR) is 56.5 cm³/mol. The van der Waals surface area contributed by atoms with Gasteiger partial charge in [-0.15, -0.1) is 6.58 Å². The highest BCUT2D eigenvalue weighted by atomic mass is 35.5. The molecule has 0 heterocycles. The summed E-state index contributed by atoms with van der Waals surface area (Å²) in [5, 5.41) is 0.705. The average Bonchev–Trinajstić information content (AvgIpc) is 2.10. The lowest BCUT2D eigenvalue weighted by atomic mass is 10.1. The van der Waals surface area contributed by atoms with E-state index >= 15 is 0 Å². The molecule has 0 aliphatic heterocycles. The Hall–Kier alpha value is -0.950. The van der Waals surface area contributed by atoms with Crippen molar-refractivity contribution in [2.24, 2.45) is 0 Å². The van der Waals surface area contributed by atoms with E-state index in [2.05, 4.69) is 6.58 Å². The molecule has 0 atom stereocenters. The lowest BCUT2D eigenvalue weighted by Crippen LogP contribution is -1.95. The van der Waals surface area contributed by atoms with Crippen LogP contribution >= 0.6 is 11.6 Å². The largest absolute Gasteiger partial charge is 0.494 e.